The number of anilines is 2. The molecule has 0 aliphatic carbocycles. The molecule has 10 heteroatoms. The van der Waals surface area contributed by atoms with E-state index in [0.29, 0.717) is 28.3 Å². The summed E-state index contributed by atoms with van der Waals surface area (Å²) in [5, 5.41) is 16.7. The standard InChI is InChI=1S/C24H25N7O2S/c1-14-12-31(13-15(2)26-14)19-10-9-17(20-18(19)11-25-23(27-20)33-3)21(32)28-24-30-29-22(34-24)16-7-5-4-6-8-16/h4-11,14-15,26H,12-13H2,1-3H3,(H,28,30,32)/t14-,15-/m0/s1. The van der Waals surface area contributed by atoms with E-state index < -0.39 is 0 Å². The fourth-order valence-electron chi connectivity index (χ4n) is 4.31. The summed E-state index contributed by atoms with van der Waals surface area (Å²) < 4.78 is 5.25. The van der Waals surface area contributed by atoms with Gasteiger partial charge in [-0.15, -0.1) is 10.2 Å². The van der Waals surface area contributed by atoms with Gasteiger partial charge >= 0.3 is 6.01 Å². The van der Waals surface area contributed by atoms with E-state index in [4.69, 9.17) is 4.74 Å². The Labute approximate surface area is 201 Å². The van der Waals surface area contributed by atoms with Gasteiger partial charge in [0, 0.05) is 48.0 Å². The minimum absolute atomic E-state index is 0.211. The zero-order valence-electron chi connectivity index (χ0n) is 19.1. The number of hydrogen-bond acceptors (Lipinski definition) is 9. The highest BCUT2D eigenvalue weighted by atomic mass is 32.1. The zero-order chi connectivity index (χ0) is 23.7. The van der Waals surface area contributed by atoms with Crippen LogP contribution < -0.4 is 20.3 Å². The number of benzene rings is 2. The average molecular weight is 476 g/mol. The molecule has 9 nitrogen and oxygen atoms in total. The van der Waals surface area contributed by atoms with Crippen molar-refractivity contribution in [1.82, 2.24) is 25.5 Å². The number of nitrogens with zero attached hydrogens (tertiary/aromatic N) is 5. The molecular weight excluding hydrogens is 450 g/mol. The van der Waals surface area contributed by atoms with Gasteiger partial charge in [0.1, 0.15) is 5.01 Å². The molecule has 3 heterocycles. The summed E-state index contributed by atoms with van der Waals surface area (Å²) in [6.07, 6.45) is 1.73. The van der Waals surface area contributed by atoms with E-state index in [0.717, 1.165) is 34.7 Å². The van der Waals surface area contributed by atoms with Crippen molar-refractivity contribution in [2.24, 2.45) is 0 Å². The van der Waals surface area contributed by atoms with Gasteiger partial charge in [0.25, 0.3) is 5.91 Å². The summed E-state index contributed by atoms with van der Waals surface area (Å²) in [6.45, 7) is 6.03. The molecule has 0 saturated carbocycles. The van der Waals surface area contributed by atoms with Gasteiger partial charge in [0.15, 0.2) is 0 Å². The fraction of sp³-hybridized carbons (Fsp3) is 0.292. The van der Waals surface area contributed by atoms with Gasteiger partial charge in [0.05, 0.1) is 18.2 Å². The normalized spacial score (nSPS) is 18.1. The summed E-state index contributed by atoms with van der Waals surface area (Å²) in [6, 6.07) is 14.4. The van der Waals surface area contributed by atoms with Crippen LogP contribution >= 0.6 is 11.3 Å². The van der Waals surface area contributed by atoms with Crippen LogP contribution in [-0.4, -0.2) is 58.4 Å². The fourth-order valence-corrected chi connectivity index (χ4v) is 5.05. The monoisotopic (exact) mass is 475 g/mol. The Morgan fingerprint density at radius 2 is 1.88 bits per heavy atom. The molecular formula is C24H25N7O2S. The first-order chi connectivity index (χ1) is 16.5. The molecule has 174 valence electrons. The second kappa shape index (κ2) is 9.32. The number of hydrogen-bond donors (Lipinski definition) is 2. The van der Waals surface area contributed by atoms with E-state index in [9.17, 15) is 4.79 Å². The van der Waals surface area contributed by atoms with Crippen molar-refractivity contribution >= 4 is 39.0 Å². The maximum Gasteiger partial charge on any atom is 0.316 e. The minimum atomic E-state index is -0.310. The number of aromatic nitrogens is 4. The lowest BCUT2D eigenvalue weighted by Gasteiger charge is -2.38. The quantitative estimate of drug-likeness (QED) is 0.451. The lowest BCUT2D eigenvalue weighted by molar-refractivity contribution is 0.102. The van der Waals surface area contributed by atoms with E-state index in [1.807, 2.05) is 36.4 Å². The molecule has 2 aromatic heterocycles. The Morgan fingerprint density at radius 3 is 2.62 bits per heavy atom. The van der Waals surface area contributed by atoms with E-state index in [-0.39, 0.29) is 11.9 Å². The Morgan fingerprint density at radius 1 is 1.12 bits per heavy atom. The lowest BCUT2D eigenvalue weighted by Crippen LogP contribution is -2.54. The summed E-state index contributed by atoms with van der Waals surface area (Å²) in [5.74, 6) is -0.310. The first kappa shape index (κ1) is 22.2. The predicted molar refractivity (Wildman–Crippen MR) is 134 cm³/mol. The first-order valence-electron chi connectivity index (χ1n) is 11.1. The summed E-state index contributed by atoms with van der Waals surface area (Å²) in [4.78, 5) is 24.4. The Balaban J connectivity index is 1.48. The summed E-state index contributed by atoms with van der Waals surface area (Å²) >= 11 is 1.32. The smallest absolute Gasteiger partial charge is 0.316 e. The summed E-state index contributed by atoms with van der Waals surface area (Å²) in [7, 11) is 1.51. The molecule has 1 amide bonds. The number of amides is 1. The average Bonchev–Trinajstić information content (AvgIpc) is 3.31. The Kier molecular flexibility index (Phi) is 6.08. The molecule has 0 spiro atoms. The maximum atomic E-state index is 13.3. The molecule has 1 saturated heterocycles. The number of carbonyl (C=O) groups excluding carboxylic acids is 1. The second-order valence-electron chi connectivity index (χ2n) is 8.36. The third-order valence-electron chi connectivity index (χ3n) is 5.70. The predicted octanol–water partition coefficient (Wildman–Crippen LogP) is 3.60. The molecule has 1 aliphatic rings. The Bertz CT molecular complexity index is 1320. The van der Waals surface area contributed by atoms with Crippen LogP contribution in [0.2, 0.25) is 0 Å². The van der Waals surface area contributed by atoms with Gasteiger partial charge in [-0.25, -0.2) is 4.98 Å². The highest BCUT2D eigenvalue weighted by Gasteiger charge is 2.25. The molecule has 2 aromatic carbocycles. The van der Waals surface area contributed by atoms with Crippen molar-refractivity contribution in [2.75, 3.05) is 30.4 Å². The van der Waals surface area contributed by atoms with Crippen molar-refractivity contribution in [3.63, 3.8) is 0 Å². The largest absolute Gasteiger partial charge is 0.467 e. The van der Waals surface area contributed by atoms with Crippen LogP contribution in [0.5, 0.6) is 6.01 Å². The molecule has 5 rings (SSSR count). The molecule has 0 unspecified atom stereocenters. The van der Waals surface area contributed by atoms with Gasteiger partial charge in [-0.1, -0.05) is 41.7 Å². The number of rotatable bonds is 5. The molecule has 4 aromatic rings. The molecule has 0 bridgehead atoms. The third-order valence-corrected chi connectivity index (χ3v) is 6.58. The van der Waals surface area contributed by atoms with Crippen LogP contribution in [0.3, 0.4) is 0 Å². The highest BCUT2D eigenvalue weighted by Crippen LogP contribution is 2.32. The first-order valence-corrected chi connectivity index (χ1v) is 11.9. The lowest BCUT2D eigenvalue weighted by atomic mass is 10.0. The zero-order valence-corrected chi connectivity index (χ0v) is 20.0. The van der Waals surface area contributed by atoms with E-state index in [2.05, 4.69) is 49.5 Å². The van der Waals surface area contributed by atoms with Crippen molar-refractivity contribution < 1.29 is 9.53 Å². The van der Waals surface area contributed by atoms with Gasteiger partial charge in [0.2, 0.25) is 5.13 Å². The maximum absolute atomic E-state index is 13.3. The molecule has 0 radical (unpaired) electrons. The molecule has 1 aliphatic heterocycles. The van der Waals surface area contributed by atoms with Crippen LogP contribution in [-0.2, 0) is 0 Å². The number of methoxy groups -OCH3 is 1. The van der Waals surface area contributed by atoms with Gasteiger partial charge < -0.3 is 15.0 Å². The molecule has 1 fully saturated rings. The van der Waals surface area contributed by atoms with Crippen LogP contribution in [0.25, 0.3) is 21.5 Å². The summed E-state index contributed by atoms with van der Waals surface area (Å²) in [5.41, 5.74) is 2.91. The SMILES string of the molecule is COc1ncc2c(N3C[C@H](C)N[C@@H](C)C3)ccc(C(=O)Nc3nnc(-c4ccccc4)s3)c2n1. The van der Waals surface area contributed by atoms with Crippen molar-refractivity contribution in [2.45, 2.75) is 25.9 Å². The minimum Gasteiger partial charge on any atom is -0.467 e. The third kappa shape index (κ3) is 4.42. The van der Waals surface area contributed by atoms with Crippen molar-refractivity contribution in [1.29, 1.82) is 0 Å². The Hall–Kier alpha value is -3.63. The van der Waals surface area contributed by atoms with Crippen LogP contribution in [0.1, 0.15) is 24.2 Å². The van der Waals surface area contributed by atoms with E-state index >= 15 is 0 Å². The van der Waals surface area contributed by atoms with Crippen molar-refractivity contribution in [3.8, 4) is 16.6 Å². The molecule has 2 N–H and O–H groups in total. The number of ether oxygens (including phenoxy) is 1. The number of carbonyl (C=O) groups is 1. The van der Waals surface area contributed by atoms with E-state index in [1.165, 1.54) is 18.4 Å². The van der Waals surface area contributed by atoms with Gasteiger partial charge in [-0.05, 0) is 26.0 Å². The number of piperazine rings is 1. The van der Waals surface area contributed by atoms with Crippen LogP contribution in [0.15, 0.2) is 48.7 Å². The van der Waals surface area contributed by atoms with E-state index in [1.54, 1.807) is 12.3 Å². The topological polar surface area (TPSA) is 105 Å². The van der Waals surface area contributed by atoms with Crippen LogP contribution in [0, 0.1) is 0 Å². The van der Waals surface area contributed by atoms with Crippen LogP contribution in [0.4, 0.5) is 10.8 Å². The van der Waals surface area contributed by atoms with Gasteiger partial charge in [-0.3, -0.25) is 10.1 Å². The molecule has 2 atom stereocenters. The van der Waals surface area contributed by atoms with Gasteiger partial charge in [-0.2, -0.15) is 4.98 Å². The highest BCUT2D eigenvalue weighted by molar-refractivity contribution is 7.18. The van der Waals surface area contributed by atoms with Crippen molar-refractivity contribution in [3.05, 3.63) is 54.2 Å². The second-order valence-corrected chi connectivity index (χ2v) is 9.34. The number of nitrogens with one attached hydrogen (secondary N) is 2. The molecule has 34 heavy (non-hydrogen) atoms. The number of fused-ring (bicyclic) bond motifs is 1.